The average Bonchev–Trinajstić information content (AvgIpc) is 2.90. The number of nitrogens with zero attached hydrogens (tertiary/aromatic N) is 4. The zero-order valence-corrected chi connectivity index (χ0v) is 23.7. The van der Waals surface area contributed by atoms with E-state index >= 15 is 0 Å². The number of pyridine rings is 4. The van der Waals surface area contributed by atoms with Gasteiger partial charge in [0.1, 0.15) is 22.8 Å². The molecule has 0 aliphatic heterocycles. The Balaban J connectivity index is -0.000000164. The van der Waals surface area contributed by atoms with E-state index < -0.39 is 23.5 Å². The van der Waals surface area contributed by atoms with Gasteiger partial charge in [-0.25, -0.2) is 0 Å². The molecule has 0 atom stereocenters. The van der Waals surface area contributed by atoms with E-state index in [1.54, 1.807) is 48.5 Å². The molecule has 12 N–H and O–H groups in total. The quantitative estimate of drug-likeness (QED) is 0.119. The summed E-state index contributed by atoms with van der Waals surface area (Å²) in [7, 11) is 0. The van der Waals surface area contributed by atoms with Gasteiger partial charge in [-0.3, -0.25) is 19.9 Å². The Kier molecular flexibility index (Phi) is 27.4. The Morgan fingerprint density at radius 3 is 0.791 bits per heavy atom. The SMILES string of the molecule is CC(=O)[O-].CC(=O)[O-].O.O.O.O.OC(O)(c1ccccn1)c1ccccn1.OC(O)(c1ccccn1)c1ccccn1.[Cu+2]. The van der Waals surface area contributed by atoms with Crippen molar-refractivity contribution in [3.63, 3.8) is 0 Å². The van der Waals surface area contributed by atoms with Gasteiger partial charge in [0, 0.05) is 36.7 Å². The summed E-state index contributed by atoms with van der Waals surface area (Å²) >= 11 is 0. The fourth-order valence-corrected chi connectivity index (χ4v) is 2.54. The molecule has 16 nitrogen and oxygen atoms in total. The molecule has 0 bridgehead atoms. The van der Waals surface area contributed by atoms with Gasteiger partial charge in [-0.2, -0.15) is 0 Å². The first-order valence-corrected chi connectivity index (χ1v) is 10.8. The van der Waals surface area contributed by atoms with Gasteiger partial charge in [0.25, 0.3) is 11.6 Å². The first-order valence-electron chi connectivity index (χ1n) is 10.8. The maximum absolute atomic E-state index is 9.89. The van der Waals surface area contributed by atoms with Crippen LogP contribution in [0.2, 0.25) is 0 Å². The van der Waals surface area contributed by atoms with Crippen LogP contribution in [0.4, 0.5) is 0 Å². The van der Waals surface area contributed by atoms with Crippen LogP contribution in [0.15, 0.2) is 97.6 Å². The van der Waals surface area contributed by atoms with Gasteiger partial charge < -0.3 is 62.1 Å². The largest absolute Gasteiger partial charge is 2.00 e. The van der Waals surface area contributed by atoms with E-state index in [1.807, 2.05) is 0 Å². The number of hydrogen-bond donors (Lipinski definition) is 4. The number of carboxylic acid groups (broad SMARTS) is 2. The standard InChI is InChI=1S/2C11H10N2O2.2C2H4O2.Cu.4H2O/c2*14-11(15,9-5-1-3-7-12-9)10-6-2-4-8-13-10;2*1-2(3)4;;;;;/h2*1-8,14-15H;2*1H3,(H,3,4);;4*1H2/q;;;;+2;;;;/p-2. The van der Waals surface area contributed by atoms with Crippen molar-refractivity contribution in [2.45, 2.75) is 25.4 Å². The van der Waals surface area contributed by atoms with Crippen LogP contribution in [0.25, 0.3) is 0 Å². The minimum atomic E-state index is -2.14. The number of hydrogen-bond acceptors (Lipinski definition) is 12. The van der Waals surface area contributed by atoms with Crippen LogP contribution in [0.5, 0.6) is 0 Å². The van der Waals surface area contributed by atoms with Crippen LogP contribution in [-0.2, 0) is 38.2 Å². The molecule has 1 radical (unpaired) electrons. The first kappa shape index (κ1) is 48.5. The van der Waals surface area contributed by atoms with E-state index in [2.05, 4.69) is 19.9 Å². The molecular weight excluding hydrogens is 624 g/mol. The molecule has 0 unspecified atom stereocenters. The van der Waals surface area contributed by atoms with Crippen molar-refractivity contribution in [2.75, 3.05) is 0 Å². The molecule has 17 heteroatoms. The first-order chi connectivity index (χ1) is 17.9. The number of carbonyl (C=O) groups is 2. The van der Waals surface area contributed by atoms with Crippen molar-refractivity contribution in [1.29, 1.82) is 0 Å². The molecule has 4 aromatic heterocycles. The van der Waals surface area contributed by atoms with Crippen LogP contribution in [0, 0.1) is 0 Å². The van der Waals surface area contributed by atoms with Crippen LogP contribution in [0.3, 0.4) is 0 Å². The third-order valence-corrected chi connectivity index (χ3v) is 4.09. The van der Waals surface area contributed by atoms with Crippen LogP contribution >= 0.6 is 0 Å². The Morgan fingerprint density at radius 2 is 0.674 bits per heavy atom. The van der Waals surface area contributed by atoms with Gasteiger partial charge in [-0.05, 0) is 62.4 Å². The van der Waals surface area contributed by atoms with Gasteiger partial charge in [0.05, 0.1) is 0 Å². The second-order valence-corrected chi connectivity index (χ2v) is 7.19. The molecule has 0 amide bonds. The van der Waals surface area contributed by atoms with Gasteiger partial charge >= 0.3 is 17.1 Å². The number of aromatic nitrogens is 4. The van der Waals surface area contributed by atoms with E-state index in [4.69, 9.17) is 19.8 Å². The normalized spacial score (nSPS) is 9.07. The molecule has 4 rings (SSSR count). The van der Waals surface area contributed by atoms with Crippen molar-refractivity contribution in [3.05, 3.63) is 120 Å². The fraction of sp³-hybridized carbons (Fsp3) is 0.154. The van der Waals surface area contributed by atoms with E-state index in [9.17, 15) is 20.4 Å². The summed E-state index contributed by atoms with van der Waals surface area (Å²) in [5.41, 5.74) is 0.625. The summed E-state index contributed by atoms with van der Waals surface area (Å²) in [6.45, 7) is 1.94. The Labute approximate surface area is 256 Å². The number of rotatable bonds is 4. The number of carbonyl (C=O) groups excluding carboxylic acids is 2. The van der Waals surface area contributed by atoms with Gasteiger partial charge in [0.2, 0.25) is 0 Å². The minimum Gasteiger partial charge on any atom is -0.550 e. The van der Waals surface area contributed by atoms with Crippen molar-refractivity contribution < 1.29 is 79.2 Å². The number of aliphatic hydroxyl groups is 4. The molecule has 4 heterocycles. The second-order valence-electron chi connectivity index (χ2n) is 7.19. The molecule has 241 valence electrons. The third kappa shape index (κ3) is 18.0. The minimum absolute atomic E-state index is 0. The topological polar surface area (TPSA) is 339 Å². The fourth-order valence-electron chi connectivity index (χ4n) is 2.54. The second kappa shape index (κ2) is 24.3. The molecule has 0 saturated carbocycles. The molecule has 0 saturated heterocycles. The molecule has 0 fully saturated rings. The van der Waals surface area contributed by atoms with E-state index in [-0.39, 0.29) is 61.7 Å². The third-order valence-electron chi connectivity index (χ3n) is 4.09. The Hall–Kier alpha value is -4.26. The Morgan fingerprint density at radius 1 is 0.512 bits per heavy atom. The monoisotopic (exact) mass is 657 g/mol. The maximum Gasteiger partial charge on any atom is 2.00 e. The van der Waals surface area contributed by atoms with Crippen molar-refractivity contribution in [2.24, 2.45) is 0 Å². The summed E-state index contributed by atoms with van der Waals surface area (Å²) in [4.78, 5) is 33.3. The molecule has 0 spiro atoms. The summed E-state index contributed by atoms with van der Waals surface area (Å²) in [5.74, 6) is -6.44. The summed E-state index contributed by atoms with van der Waals surface area (Å²) in [5, 5.41) is 57.3. The Bertz CT molecular complexity index is 1050. The molecular formula is C26H34CuN4O12. The van der Waals surface area contributed by atoms with Gasteiger partial charge in [-0.1, -0.05) is 24.3 Å². The maximum atomic E-state index is 9.89. The molecule has 0 aliphatic rings. The average molecular weight is 658 g/mol. The predicted octanol–water partition coefficient (Wildman–Crippen LogP) is -4.46. The predicted molar refractivity (Wildman–Crippen MR) is 143 cm³/mol. The number of carboxylic acids is 2. The summed E-state index contributed by atoms with van der Waals surface area (Å²) in [6, 6.07) is 19.7. The smallest absolute Gasteiger partial charge is 0.550 e. The van der Waals surface area contributed by atoms with E-state index in [0.717, 1.165) is 13.8 Å². The zero-order valence-electron chi connectivity index (χ0n) is 22.7. The summed E-state index contributed by atoms with van der Waals surface area (Å²) < 4.78 is 0. The van der Waals surface area contributed by atoms with E-state index in [0.29, 0.717) is 0 Å². The van der Waals surface area contributed by atoms with Crippen molar-refractivity contribution in [3.8, 4) is 0 Å². The van der Waals surface area contributed by atoms with Gasteiger partial charge in [-0.15, -0.1) is 0 Å². The van der Waals surface area contributed by atoms with E-state index in [1.165, 1.54) is 49.1 Å². The zero-order chi connectivity index (χ0) is 28.6. The molecule has 0 aliphatic carbocycles. The van der Waals surface area contributed by atoms with Crippen molar-refractivity contribution in [1.82, 2.24) is 19.9 Å². The van der Waals surface area contributed by atoms with Gasteiger partial charge in [0.15, 0.2) is 0 Å². The molecule has 4 aromatic rings. The molecule has 43 heavy (non-hydrogen) atoms. The van der Waals surface area contributed by atoms with Crippen LogP contribution < -0.4 is 10.2 Å². The molecule has 0 aromatic carbocycles. The van der Waals surface area contributed by atoms with Crippen molar-refractivity contribution >= 4 is 11.9 Å². The number of aliphatic carboxylic acids is 2. The van der Waals surface area contributed by atoms with Crippen LogP contribution in [0.1, 0.15) is 36.6 Å². The summed E-state index contributed by atoms with van der Waals surface area (Å²) in [6.07, 6.45) is 6.00. The van der Waals surface area contributed by atoms with Crippen LogP contribution in [-0.4, -0.2) is 74.2 Å².